The summed E-state index contributed by atoms with van der Waals surface area (Å²) in [6.07, 6.45) is 6.57. The molecule has 0 unspecified atom stereocenters. The SMILES string of the molecule is [C-]#[N+]c1ccc(-n2c3ccccc3c3ccc(Oc4cc(Oc5ccc6c7ccccc7n(-c7ccc(C#N)cn7)c6c5)cc(-c5ncccn5)c4)cc32)nc1. The molecule has 0 aliphatic heterocycles. The van der Waals surface area contributed by atoms with E-state index in [0.717, 1.165) is 49.2 Å². The van der Waals surface area contributed by atoms with Gasteiger partial charge in [-0.05, 0) is 72.8 Å². The van der Waals surface area contributed by atoms with Crippen LogP contribution in [0.3, 0.4) is 0 Å². The van der Waals surface area contributed by atoms with Crippen LogP contribution in [-0.4, -0.2) is 29.1 Å². The number of pyridine rings is 2. The summed E-state index contributed by atoms with van der Waals surface area (Å²) >= 11 is 0. The Labute approximate surface area is 319 Å². The van der Waals surface area contributed by atoms with Gasteiger partial charge in [-0.1, -0.05) is 42.5 Å². The number of fused-ring (bicyclic) bond motifs is 6. The first-order valence-corrected chi connectivity index (χ1v) is 17.7. The van der Waals surface area contributed by atoms with Crippen molar-refractivity contribution < 1.29 is 9.47 Å². The molecule has 0 N–H and O–H groups in total. The molecule has 10 heteroatoms. The Hall–Kier alpha value is -8.34. The normalized spacial score (nSPS) is 11.2. The standard InChI is InChI=1S/C46H26N8O2/c1-48-31-12-18-45(52-28-31)54-41-10-5-3-8-37(41)39-16-14-33(25-43(39)54)56-35-22-30(46-49-19-6-20-50-46)21-34(23-35)55-32-13-15-38-36-7-2-4-9-40(36)53(42(38)24-32)44-17-11-29(26-47)27-51-44/h2-25,27-28H. The Bertz CT molecular complexity index is 3020. The number of nitrogens with zero attached hydrogens (tertiary/aromatic N) is 8. The highest BCUT2D eigenvalue weighted by molar-refractivity contribution is 6.10. The van der Waals surface area contributed by atoms with Crippen LogP contribution in [0.15, 0.2) is 158 Å². The maximum atomic E-state index is 9.37. The second-order valence-corrected chi connectivity index (χ2v) is 13.0. The van der Waals surface area contributed by atoms with Gasteiger partial charge in [-0.15, -0.1) is 0 Å². The van der Waals surface area contributed by atoms with Crippen LogP contribution in [-0.2, 0) is 0 Å². The number of aromatic nitrogens is 6. The minimum absolute atomic E-state index is 0.476. The molecule has 0 spiro atoms. The second-order valence-electron chi connectivity index (χ2n) is 13.0. The molecular weight excluding hydrogens is 697 g/mol. The topological polar surface area (TPSA) is 108 Å². The predicted molar refractivity (Wildman–Crippen MR) is 216 cm³/mol. The smallest absolute Gasteiger partial charge is 0.205 e. The zero-order valence-electron chi connectivity index (χ0n) is 29.4. The van der Waals surface area contributed by atoms with Crippen molar-refractivity contribution in [3.63, 3.8) is 0 Å². The maximum absolute atomic E-state index is 9.37. The van der Waals surface area contributed by atoms with Crippen LogP contribution >= 0.6 is 0 Å². The third-order valence-corrected chi connectivity index (χ3v) is 9.66. The Morgan fingerprint density at radius 2 is 1.07 bits per heavy atom. The van der Waals surface area contributed by atoms with E-state index in [4.69, 9.17) is 16.0 Å². The highest BCUT2D eigenvalue weighted by Crippen LogP contribution is 2.39. The van der Waals surface area contributed by atoms with Crippen LogP contribution < -0.4 is 9.47 Å². The number of nitriles is 1. The lowest BCUT2D eigenvalue weighted by Gasteiger charge is -2.13. The fourth-order valence-electron chi connectivity index (χ4n) is 7.22. The van der Waals surface area contributed by atoms with E-state index in [0.29, 0.717) is 51.7 Å². The zero-order valence-corrected chi connectivity index (χ0v) is 29.4. The molecule has 0 aliphatic carbocycles. The van der Waals surface area contributed by atoms with E-state index in [2.05, 4.69) is 70.3 Å². The van der Waals surface area contributed by atoms with Crippen LogP contribution in [0.4, 0.5) is 5.69 Å². The number of hydrogen-bond acceptors (Lipinski definition) is 7. The lowest BCUT2D eigenvalue weighted by Crippen LogP contribution is -1.97. The van der Waals surface area contributed by atoms with Crippen LogP contribution in [0.2, 0.25) is 0 Å². The van der Waals surface area contributed by atoms with Crippen molar-refractivity contribution in [3.8, 4) is 52.1 Å². The third kappa shape index (κ3) is 5.59. The van der Waals surface area contributed by atoms with Gasteiger partial charge >= 0.3 is 0 Å². The number of ether oxygens (including phenoxy) is 2. The first-order valence-electron chi connectivity index (χ1n) is 17.7. The summed E-state index contributed by atoms with van der Waals surface area (Å²) in [5.74, 6) is 4.19. The largest absolute Gasteiger partial charge is 0.457 e. The van der Waals surface area contributed by atoms with Crippen molar-refractivity contribution in [1.82, 2.24) is 29.1 Å². The number of rotatable bonds is 7. The molecule has 0 aliphatic rings. The molecule has 10 aromatic rings. The van der Waals surface area contributed by atoms with Gasteiger partial charge in [0, 0.05) is 70.1 Å². The fourth-order valence-corrected chi connectivity index (χ4v) is 7.22. The van der Waals surface area contributed by atoms with Gasteiger partial charge in [0.05, 0.1) is 34.2 Å². The van der Waals surface area contributed by atoms with Gasteiger partial charge in [-0.25, -0.2) is 19.8 Å². The molecule has 5 aromatic heterocycles. The summed E-state index contributed by atoms with van der Waals surface area (Å²) in [6, 6.07) is 45.1. The summed E-state index contributed by atoms with van der Waals surface area (Å²) in [4.78, 5) is 21.8. The summed E-state index contributed by atoms with van der Waals surface area (Å²) in [5.41, 5.74) is 5.48. The molecule has 0 saturated heterocycles. The Balaban J connectivity index is 1.06. The molecule has 56 heavy (non-hydrogen) atoms. The Morgan fingerprint density at radius 1 is 0.518 bits per heavy atom. The highest BCUT2D eigenvalue weighted by Gasteiger charge is 2.17. The van der Waals surface area contributed by atoms with Crippen molar-refractivity contribution in [2.24, 2.45) is 0 Å². The fraction of sp³-hybridized carbons (Fsp3) is 0. The molecule has 10 nitrogen and oxygen atoms in total. The van der Waals surface area contributed by atoms with E-state index in [1.165, 1.54) is 0 Å². The van der Waals surface area contributed by atoms with Gasteiger partial charge in [0.2, 0.25) is 5.69 Å². The van der Waals surface area contributed by atoms with Gasteiger partial charge in [0.1, 0.15) is 40.7 Å². The summed E-state index contributed by atoms with van der Waals surface area (Å²) < 4.78 is 17.4. The van der Waals surface area contributed by atoms with Crippen LogP contribution in [0.25, 0.3) is 71.5 Å². The summed E-state index contributed by atoms with van der Waals surface area (Å²) in [5, 5.41) is 13.6. The lowest BCUT2D eigenvalue weighted by atomic mass is 10.1. The molecule has 0 fully saturated rings. The molecule has 0 bridgehead atoms. The molecule has 10 rings (SSSR count). The van der Waals surface area contributed by atoms with Gasteiger partial charge in [0.25, 0.3) is 0 Å². The minimum atomic E-state index is 0.476. The van der Waals surface area contributed by atoms with Crippen molar-refractivity contribution in [2.45, 2.75) is 0 Å². The van der Waals surface area contributed by atoms with E-state index < -0.39 is 0 Å². The predicted octanol–water partition coefficient (Wildman–Crippen LogP) is 11.1. The Morgan fingerprint density at radius 3 is 1.59 bits per heavy atom. The summed E-state index contributed by atoms with van der Waals surface area (Å²) in [7, 11) is 0. The molecule has 0 saturated carbocycles. The van der Waals surface area contributed by atoms with Gasteiger partial charge < -0.3 is 9.47 Å². The molecule has 5 aromatic carbocycles. The molecule has 0 atom stereocenters. The quantitative estimate of drug-likeness (QED) is 0.151. The van der Waals surface area contributed by atoms with Crippen molar-refractivity contribution in [2.75, 3.05) is 0 Å². The van der Waals surface area contributed by atoms with Crippen LogP contribution in [0.1, 0.15) is 5.56 Å². The van der Waals surface area contributed by atoms with Gasteiger partial charge in [-0.3, -0.25) is 14.1 Å². The Kier molecular flexibility index (Phi) is 7.65. The van der Waals surface area contributed by atoms with Crippen molar-refractivity contribution >= 4 is 49.3 Å². The van der Waals surface area contributed by atoms with Crippen LogP contribution in [0.5, 0.6) is 23.0 Å². The third-order valence-electron chi connectivity index (χ3n) is 9.66. The molecule has 5 heterocycles. The first-order chi connectivity index (χ1) is 27.6. The van der Waals surface area contributed by atoms with E-state index in [1.807, 2.05) is 84.9 Å². The van der Waals surface area contributed by atoms with E-state index in [-0.39, 0.29) is 0 Å². The summed E-state index contributed by atoms with van der Waals surface area (Å²) in [6.45, 7) is 7.37. The average molecular weight is 723 g/mol. The number of benzene rings is 5. The van der Waals surface area contributed by atoms with Crippen LogP contribution in [0, 0.1) is 17.9 Å². The van der Waals surface area contributed by atoms with Crippen molar-refractivity contribution in [1.29, 1.82) is 5.26 Å². The number of hydrogen-bond donors (Lipinski definition) is 0. The first kappa shape index (κ1) is 32.3. The van der Waals surface area contributed by atoms with E-state index in [9.17, 15) is 5.26 Å². The molecule has 262 valence electrons. The number of para-hydroxylation sites is 2. The zero-order chi connectivity index (χ0) is 37.6. The average Bonchev–Trinajstić information content (AvgIpc) is 3.76. The van der Waals surface area contributed by atoms with E-state index >= 15 is 0 Å². The van der Waals surface area contributed by atoms with Crippen molar-refractivity contribution in [3.05, 3.63) is 175 Å². The second kappa shape index (κ2) is 13.3. The molecule has 0 amide bonds. The van der Waals surface area contributed by atoms with Gasteiger partial charge in [-0.2, -0.15) is 5.26 Å². The maximum Gasteiger partial charge on any atom is 0.205 e. The lowest BCUT2D eigenvalue weighted by molar-refractivity contribution is 0.461. The monoisotopic (exact) mass is 722 g/mol. The highest BCUT2D eigenvalue weighted by atomic mass is 16.5. The molecule has 0 radical (unpaired) electrons. The van der Waals surface area contributed by atoms with E-state index in [1.54, 1.807) is 43.0 Å². The molecular formula is C46H26N8O2. The minimum Gasteiger partial charge on any atom is -0.457 e. The van der Waals surface area contributed by atoms with Gasteiger partial charge in [0.15, 0.2) is 5.82 Å².